The van der Waals surface area contributed by atoms with Crippen molar-refractivity contribution < 1.29 is 4.79 Å². The molecule has 1 unspecified atom stereocenters. The number of nitrogens with one attached hydrogen (secondary N) is 1. The number of amides is 1. The van der Waals surface area contributed by atoms with Gasteiger partial charge >= 0.3 is 0 Å². The van der Waals surface area contributed by atoms with E-state index < -0.39 is 0 Å². The summed E-state index contributed by atoms with van der Waals surface area (Å²) in [6.45, 7) is 0.732. The summed E-state index contributed by atoms with van der Waals surface area (Å²) in [6.07, 6.45) is 4.31. The van der Waals surface area contributed by atoms with Crippen LogP contribution in [0.15, 0.2) is 12.5 Å². The van der Waals surface area contributed by atoms with E-state index in [4.69, 9.17) is 0 Å². The molecule has 4 nitrogen and oxygen atoms in total. The molecule has 1 saturated heterocycles. The van der Waals surface area contributed by atoms with Crippen molar-refractivity contribution in [3.05, 3.63) is 18.2 Å². The van der Waals surface area contributed by atoms with Gasteiger partial charge in [-0.2, -0.15) is 0 Å². The molecule has 1 aliphatic rings. The van der Waals surface area contributed by atoms with Crippen LogP contribution in [0.4, 0.5) is 0 Å². The highest BCUT2D eigenvalue weighted by molar-refractivity contribution is 5.79. The van der Waals surface area contributed by atoms with Crippen LogP contribution in [0.2, 0.25) is 0 Å². The smallest absolute Gasteiger partial charge is 0.220 e. The number of nitrogens with zero attached hydrogens (tertiary/aromatic N) is 2. The summed E-state index contributed by atoms with van der Waals surface area (Å²) in [7, 11) is 1.93. The van der Waals surface area contributed by atoms with Gasteiger partial charge in [0.05, 0.1) is 12.0 Å². The fourth-order valence-electron chi connectivity index (χ4n) is 1.46. The largest absolute Gasteiger partial charge is 0.355 e. The van der Waals surface area contributed by atoms with Crippen LogP contribution in [0, 0.1) is 0 Å². The Kier molecular flexibility index (Phi) is 1.60. The zero-order valence-corrected chi connectivity index (χ0v) is 6.95. The first kappa shape index (κ1) is 7.34. The molecule has 0 bridgehead atoms. The van der Waals surface area contributed by atoms with E-state index in [-0.39, 0.29) is 11.8 Å². The molecule has 1 atom stereocenters. The molecule has 1 aromatic rings. The van der Waals surface area contributed by atoms with Crippen molar-refractivity contribution in [3.63, 3.8) is 0 Å². The summed E-state index contributed by atoms with van der Waals surface area (Å²) in [6, 6.07) is 0. The Balaban J connectivity index is 2.15. The van der Waals surface area contributed by atoms with Gasteiger partial charge in [-0.05, 0) is 0 Å². The SMILES string of the molecule is Cn1cnc(C2CNC(=O)C2)c1. The van der Waals surface area contributed by atoms with Crippen molar-refractivity contribution in [3.8, 4) is 0 Å². The first-order chi connectivity index (χ1) is 5.75. The number of carbonyl (C=O) groups excluding carboxylic acids is 1. The van der Waals surface area contributed by atoms with Gasteiger partial charge in [0, 0.05) is 32.1 Å². The lowest BCUT2D eigenvalue weighted by atomic mass is 10.1. The van der Waals surface area contributed by atoms with Crippen LogP contribution in [-0.2, 0) is 11.8 Å². The highest BCUT2D eigenvalue weighted by atomic mass is 16.1. The molecule has 2 rings (SSSR count). The minimum absolute atomic E-state index is 0.130. The van der Waals surface area contributed by atoms with Gasteiger partial charge in [0.2, 0.25) is 5.91 Å². The summed E-state index contributed by atoms with van der Waals surface area (Å²) in [5.74, 6) is 0.407. The molecule has 1 aromatic heterocycles. The predicted octanol–water partition coefficient (Wildman–Crippen LogP) is 0.0236. The molecule has 0 spiro atoms. The maximum absolute atomic E-state index is 10.9. The van der Waals surface area contributed by atoms with E-state index in [1.807, 2.05) is 17.8 Å². The third-order valence-corrected chi connectivity index (χ3v) is 2.12. The Morgan fingerprint density at radius 2 is 2.58 bits per heavy atom. The van der Waals surface area contributed by atoms with E-state index in [9.17, 15) is 4.79 Å². The summed E-state index contributed by atoms with van der Waals surface area (Å²) in [4.78, 5) is 15.1. The molecule has 0 aromatic carbocycles. The maximum Gasteiger partial charge on any atom is 0.220 e. The van der Waals surface area contributed by atoms with Crippen molar-refractivity contribution in [1.82, 2.24) is 14.9 Å². The van der Waals surface area contributed by atoms with Gasteiger partial charge < -0.3 is 9.88 Å². The molecule has 1 amide bonds. The van der Waals surface area contributed by atoms with Crippen LogP contribution in [0.5, 0.6) is 0 Å². The van der Waals surface area contributed by atoms with Gasteiger partial charge in [-0.1, -0.05) is 0 Å². The van der Waals surface area contributed by atoms with Gasteiger partial charge in [-0.25, -0.2) is 4.98 Å². The zero-order valence-electron chi connectivity index (χ0n) is 6.95. The van der Waals surface area contributed by atoms with Gasteiger partial charge in [0.1, 0.15) is 0 Å². The molecule has 1 N–H and O–H groups in total. The van der Waals surface area contributed by atoms with Crippen molar-refractivity contribution in [1.29, 1.82) is 0 Å². The van der Waals surface area contributed by atoms with E-state index in [1.165, 1.54) is 0 Å². The number of aromatic nitrogens is 2. The van der Waals surface area contributed by atoms with Crippen LogP contribution in [0.1, 0.15) is 18.0 Å². The molecule has 2 heterocycles. The molecule has 0 aliphatic carbocycles. The molecule has 0 saturated carbocycles. The van der Waals surface area contributed by atoms with Crippen LogP contribution < -0.4 is 5.32 Å². The fraction of sp³-hybridized carbons (Fsp3) is 0.500. The van der Waals surface area contributed by atoms with Crippen LogP contribution >= 0.6 is 0 Å². The third-order valence-electron chi connectivity index (χ3n) is 2.12. The van der Waals surface area contributed by atoms with Crippen LogP contribution in [0.25, 0.3) is 0 Å². The minimum atomic E-state index is 0.130. The topological polar surface area (TPSA) is 46.9 Å². The fourth-order valence-corrected chi connectivity index (χ4v) is 1.46. The maximum atomic E-state index is 10.9. The van der Waals surface area contributed by atoms with E-state index in [0.717, 1.165) is 12.2 Å². The van der Waals surface area contributed by atoms with E-state index in [0.29, 0.717) is 6.42 Å². The first-order valence-corrected chi connectivity index (χ1v) is 4.00. The number of imidazole rings is 1. The van der Waals surface area contributed by atoms with E-state index in [2.05, 4.69) is 10.3 Å². The molecule has 0 radical (unpaired) electrons. The quantitative estimate of drug-likeness (QED) is 0.638. The highest BCUT2D eigenvalue weighted by Crippen LogP contribution is 2.20. The Bertz CT molecular complexity index is 305. The zero-order chi connectivity index (χ0) is 8.55. The monoisotopic (exact) mass is 165 g/mol. The van der Waals surface area contributed by atoms with E-state index >= 15 is 0 Å². The second kappa shape index (κ2) is 2.62. The Hall–Kier alpha value is -1.32. The lowest BCUT2D eigenvalue weighted by molar-refractivity contribution is -0.119. The van der Waals surface area contributed by atoms with Gasteiger partial charge in [0.25, 0.3) is 0 Å². The Morgan fingerprint density at radius 3 is 3.08 bits per heavy atom. The van der Waals surface area contributed by atoms with Gasteiger partial charge in [-0.3, -0.25) is 4.79 Å². The normalized spacial score (nSPS) is 22.8. The molecular weight excluding hydrogens is 154 g/mol. The minimum Gasteiger partial charge on any atom is -0.355 e. The summed E-state index contributed by atoms with van der Waals surface area (Å²) in [5, 5.41) is 2.79. The van der Waals surface area contributed by atoms with Crippen LogP contribution in [0.3, 0.4) is 0 Å². The molecule has 12 heavy (non-hydrogen) atoms. The highest BCUT2D eigenvalue weighted by Gasteiger charge is 2.24. The van der Waals surface area contributed by atoms with Crippen molar-refractivity contribution in [2.45, 2.75) is 12.3 Å². The second-order valence-electron chi connectivity index (χ2n) is 3.17. The van der Waals surface area contributed by atoms with Crippen molar-refractivity contribution in [2.24, 2.45) is 7.05 Å². The van der Waals surface area contributed by atoms with Crippen molar-refractivity contribution >= 4 is 5.91 Å². The molecular formula is C8H11N3O. The number of hydrogen-bond acceptors (Lipinski definition) is 2. The number of rotatable bonds is 1. The summed E-state index contributed by atoms with van der Waals surface area (Å²) in [5.41, 5.74) is 1.01. The predicted molar refractivity (Wildman–Crippen MR) is 43.6 cm³/mol. The van der Waals surface area contributed by atoms with Crippen LogP contribution in [-0.4, -0.2) is 22.0 Å². The van der Waals surface area contributed by atoms with Gasteiger partial charge in [0.15, 0.2) is 0 Å². The average molecular weight is 165 g/mol. The third kappa shape index (κ3) is 1.20. The average Bonchev–Trinajstić information content (AvgIpc) is 2.58. The Labute approximate surface area is 70.6 Å². The summed E-state index contributed by atoms with van der Waals surface area (Å²) < 4.78 is 1.90. The second-order valence-corrected chi connectivity index (χ2v) is 3.17. The van der Waals surface area contributed by atoms with Crippen molar-refractivity contribution in [2.75, 3.05) is 6.54 Å². The number of hydrogen-bond donors (Lipinski definition) is 1. The molecule has 64 valence electrons. The number of aryl methyl sites for hydroxylation is 1. The summed E-state index contributed by atoms with van der Waals surface area (Å²) >= 11 is 0. The molecule has 1 aliphatic heterocycles. The molecule has 1 fully saturated rings. The van der Waals surface area contributed by atoms with E-state index in [1.54, 1.807) is 6.33 Å². The first-order valence-electron chi connectivity index (χ1n) is 4.00. The Morgan fingerprint density at radius 1 is 1.75 bits per heavy atom. The van der Waals surface area contributed by atoms with Gasteiger partial charge in [-0.15, -0.1) is 0 Å². The lowest BCUT2D eigenvalue weighted by Gasteiger charge is -2.00. The molecule has 4 heteroatoms. The standard InChI is InChI=1S/C8H11N3O/c1-11-4-7(10-5-11)6-2-8(12)9-3-6/h4-6H,2-3H2,1H3,(H,9,12). The number of carbonyl (C=O) groups is 1. The lowest BCUT2D eigenvalue weighted by Crippen LogP contribution is -2.13.